The van der Waals surface area contributed by atoms with Gasteiger partial charge in [-0.15, -0.1) is 0 Å². The first kappa shape index (κ1) is 13.1. The fourth-order valence-electron chi connectivity index (χ4n) is 2.13. The highest BCUT2D eigenvalue weighted by Crippen LogP contribution is 2.24. The third-order valence-corrected chi connectivity index (χ3v) is 3.55. The molecule has 0 spiro atoms. The predicted octanol–water partition coefficient (Wildman–Crippen LogP) is 4.46. The summed E-state index contributed by atoms with van der Waals surface area (Å²) in [6.45, 7) is 13.3. The Morgan fingerprint density at radius 1 is 1.06 bits per heavy atom. The van der Waals surface area contributed by atoms with E-state index in [9.17, 15) is 0 Å². The van der Waals surface area contributed by atoms with Crippen molar-refractivity contribution in [3.8, 4) is 0 Å². The molecule has 16 heavy (non-hydrogen) atoms. The third kappa shape index (κ3) is 3.01. The third-order valence-electron chi connectivity index (χ3n) is 3.55. The zero-order chi connectivity index (χ0) is 12.3. The monoisotopic (exact) mass is 219 g/mol. The molecule has 0 bridgehead atoms. The predicted molar refractivity (Wildman–Crippen MR) is 73.2 cm³/mol. The molecule has 90 valence electrons. The second kappa shape index (κ2) is 5.38. The van der Waals surface area contributed by atoms with Gasteiger partial charge in [-0.25, -0.2) is 0 Å². The van der Waals surface area contributed by atoms with Crippen molar-refractivity contribution in [1.29, 1.82) is 0 Å². The van der Waals surface area contributed by atoms with Crippen molar-refractivity contribution in [2.75, 3.05) is 5.32 Å². The summed E-state index contributed by atoms with van der Waals surface area (Å²) < 4.78 is 0. The summed E-state index contributed by atoms with van der Waals surface area (Å²) in [6.07, 6.45) is 1.22. The fraction of sp³-hybridized carbons (Fsp3) is 0.600. The van der Waals surface area contributed by atoms with Gasteiger partial charge in [-0.1, -0.05) is 38.0 Å². The van der Waals surface area contributed by atoms with Gasteiger partial charge in [-0.3, -0.25) is 0 Å². The molecule has 1 N–H and O–H groups in total. The quantitative estimate of drug-likeness (QED) is 0.788. The van der Waals surface area contributed by atoms with E-state index in [0.717, 1.165) is 0 Å². The van der Waals surface area contributed by atoms with Crippen LogP contribution in [0.4, 0.5) is 5.69 Å². The molecule has 2 atom stereocenters. The smallest absolute Gasteiger partial charge is 0.0401 e. The van der Waals surface area contributed by atoms with Crippen LogP contribution in [0.1, 0.15) is 43.9 Å². The number of hydrogen-bond donors (Lipinski definition) is 1. The molecule has 0 fully saturated rings. The average Bonchev–Trinajstić information content (AvgIpc) is 2.21. The Morgan fingerprint density at radius 3 is 2.00 bits per heavy atom. The number of benzene rings is 1. The van der Waals surface area contributed by atoms with E-state index in [1.54, 1.807) is 0 Å². The van der Waals surface area contributed by atoms with Gasteiger partial charge in [0.25, 0.3) is 0 Å². The highest BCUT2D eigenvalue weighted by Gasteiger charge is 2.12. The zero-order valence-corrected chi connectivity index (χ0v) is 11.5. The van der Waals surface area contributed by atoms with Crippen molar-refractivity contribution in [1.82, 2.24) is 0 Å². The average molecular weight is 219 g/mol. The number of nitrogens with one attached hydrogen (secondary N) is 1. The Morgan fingerprint density at radius 2 is 1.56 bits per heavy atom. The summed E-state index contributed by atoms with van der Waals surface area (Å²) in [4.78, 5) is 0. The lowest BCUT2D eigenvalue weighted by Crippen LogP contribution is -2.24. The Bertz CT molecular complexity index is 331. The van der Waals surface area contributed by atoms with Gasteiger partial charge in [0.15, 0.2) is 0 Å². The van der Waals surface area contributed by atoms with Crippen LogP contribution in [-0.2, 0) is 0 Å². The summed E-state index contributed by atoms with van der Waals surface area (Å²) in [7, 11) is 0. The summed E-state index contributed by atoms with van der Waals surface area (Å²) in [5.74, 6) is 0.708. The molecule has 1 heteroatoms. The van der Waals surface area contributed by atoms with E-state index in [2.05, 4.69) is 59.0 Å². The van der Waals surface area contributed by atoms with Gasteiger partial charge in [0.05, 0.1) is 0 Å². The molecule has 1 nitrogen and oxygen atoms in total. The van der Waals surface area contributed by atoms with Crippen LogP contribution in [0.25, 0.3) is 0 Å². The van der Waals surface area contributed by atoms with Crippen LogP contribution < -0.4 is 5.32 Å². The summed E-state index contributed by atoms with van der Waals surface area (Å²) in [6, 6.07) is 5.03. The topological polar surface area (TPSA) is 12.0 Å². The molecule has 0 aliphatic carbocycles. The molecular weight excluding hydrogens is 194 g/mol. The van der Waals surface area contributed by atoms with Crippen LogP contribution >= 0.6 is 0 Å². The van der Waals surface area contributed by atoms with Crippen molar-refractivity contribution in [3.63, 3.8) is 0 Å². The molecule has 0 amide bonds. The molecule has 0 aliphatic heterocycles. The summed E-state index contributed by atoms with van der Waals surface area (Å²) in [5, 5.41) is 3.66. The molecule has 0 saturated heterocycles. The second-order valence-electron chi connectivity index (χ2n) is 5.09. The normalized spacial score (nSPS) is 14.6. The van der Waals surface area contributed by atoms with Crippen LogP contribution in [-0.4, -0.2) is 6.04 Å². The number of aryl methyl sites for hydroxylation is 3. The fourth-order valence-corrected chi connectivity index (χ4v) is 2.13. The molecule has 0 radical (unpaired) electrons. The van der Waals surface area contributed by atoms with Gasteiger partial charge in [-0.2, -0.15) is 0 Å². The van der Waals surface area contributed by atoms with E-state index >= 15 is 0 Å². The Labute approximate surface area is 100 Å². The molecule has 1 aromatic rings. The molecule has 0 saturated carbocycles. The zero-order valence-electron chi connectivity index (χ0n) is 11.5. The first-order chi connectivity index (χ1) is 7.45. The Kier molecular flexibility index (Phi) is 4.40. The van der Waals surface area contributed by atoms with Gasteiger partial charge in [0.1, 0.15) is 0 Å². The highest BCUT2D eigenvalue weighted by molar-refractivity contribution is 5.58. The van der Waals surface area contributed by atoms with E-state index in [-0.39, 0.29) is 0 Å². The van der Waals surface area contributed by atoms with E-state index in [0.29, 0.717) is 12.0 Å². The maximum Gasteiger partial charge on any atom is 0.0401 e. The van der Waals surface area contributed by atoms with Crippen LogP contribution in [0.2, 0.25) is 0 Å². The first-order valence-electron chi connectivity index (χ1n) is 6.30. The van der Waals surface area contributed by atoms with E-state index in [1.165, 1.54) is 28.8 Å². The molecule has 1 rings (SSSR count). The lowest BCUT2D eigenvalue weighted by molar-refractivity contribution is 0.494. The van der Waals surface area contributed by atoms with E-state index in [4.69, 9.17) is 0 Å². The van der Waals surface area contributed by atoms with Gasteiger partial charge in [0.2, 0.25) is 0 Å². The van der Waals surface area contributed by atoms with Crippen LogP contribution in [0.3, 0.4) is 0 Å². The molecule has 0 heterocycles. The lowest BCUT2D eigenvalue weighted by atomic mass is 9.98. The van der Waals surface area contributed by atoms with Crippen LogP contribution in [0.5, 0.6) is 0 Å². The second-order valence-corrected chi connectivity index (χ2v) is 5.09. The number of anilines is 1. The van der Waals surface area contributed by atoms with Gasteiger partial charge >= 0.3 is 0 Å². The molecule has 2 unspecified atom stereocenters. The van der Waals surface area contributed by atoms with Crippen molar-refractivity contribution in [2.24, 2.45) is 5.92 Å². The molecular formula is C15H25N. The standard InChI is InChI=1S/C15H25N/c1-7-11(3)14(6)16-15-12(4)8-10(2)9-13(15)5/h8-9,11,14,16H,7H2,1-6H3. The van der Waals surface area contributed by atoms with Gasteiger partial charge in [0, 0.05) is 11.7 Å². The summed E-state index contributed by atoms with van der Waals surface area (Å²) >= 11 is 0. The minimum Gasteiger partial charge on any atom is -0.382 e. The Balaban J connectivity index is 2.89. The highest BCUT2D eigenvalue weighted by atomic mass is 14.9. The van der Waals surface area contributed by atoms with Crippen LogP contribution in [0, 0.1) is 26.7 Å². The largest absolute Gasteiger partial charge is 0.382 e. The minimum atomic E-state index is 0.533. The van der Waals surface area contributed by atoms with Crippen molar-refractivity contribution < 1.29 is 0 Å². The number of rotatable bonds is 4. The van der Waals surface area contributed by atoms with Crippen molar-refractivity contribution in [2.45, 2.75) is 54.0 Å². The molecule has 0 aromatic heterocycles. The summed E-state index contributed by atoms with van der Waals surface area (Å²) in [5.41, 5.74) is 5.37. The minimum absolute atomic E-state index is 0.533. The van der Waals surface area contributed by atoms with Gasteiger partial charge < -0.3 is 5.32 Å². The SMILES string of the molecule is CCC(C)C(C)Nc1c(C)cc(C)cc1C. The van der Waals surface area contributed by atoms with E-state index in [1.807, 2.05) is 0 Å². The maximum absolute atomic E-state index is 3.66. The number of hydrogen-bond acceptors (Lipinski definition) is 1. The van der Waals surface area contributed by atoms with Gasteiger partial charge in [-0.05, 0) is 44.7 Å². The molecule has 0 aliphatic rings. The first-order valence-corrected chi connectivity index (χ1v) is 6.30. The van der Waals surface area contributed by atoms with Crippen molar-refractivity contribution >= 4 is 5.69 Å². The molecule has 1 aromatic carbocycles. The van der Waals surface area contributed by atoms with E-state index < -0.39 is 0 Å². The van der Waals surface area contributed by atoms with Crippen molar-refractivity contribution in [3.05, 3.63) is 28.8 Å². The Hall–Kier alpha value is -0.980. The van der Waals surface area contributed by atoms with Crippen LogP contribution in [0.15, 0.2) is 12.1 Å². The lowest BCUT2D eigenvalue weighted by Gasteiger charge is -2.24. The maximum atomic E-state index is 3.66.